The molecule has 24 heavy (non-hydrogen) atoms. The third-order valence-corrected chi connectivity index (χ3v) is 5.99. The van der Waals surface area contributed by atoms with Crippen molar-refractivity contribution in [3.63, 3.8) is 0 Å². The molecule has 3 aliphatic heterocycles. The summed E-state index contributed by atoms with van der Waals surface area (Å²) < 4.78 is 12.5. The van der Waals surface area contributed by atoms with E-state index in [1.165, 1.54) is 0 Å². The summed E-state index contributed by atoms with van der Waals surface area (Å²) in [4.78, 5) is 12.5. The van der Waals surface area contributed by atoms with Crippen molar-refractivity contribution in [1.82, 2.24) is 0 Å². The van der Waals surface area contributed by atoms with Crippen LogP contribution in [0.15, 0.2) is 30.3 Å². The fraction of sp³-hybridized carbons (Fsp3) is 0.611. The molecule has 3 heterocycles. The minimum absolute atomic E-state index is 0. The van der Waals surface area contributed by atoms with Crippen molar-refractivity contribution in [2.45, 2.75) is 49.2 Å². The quantitative estimate of drug-likeness (QED) is 0.254. The van der Waals surface area contributed by atoms with E-state index in [-0.39, 0.29) is 42.7 Å². The van der Waals surface area contributed by atoms with Gasteiger partial charge in [0.15, 0.2) is 0 Å². The smallest absolute Gasteiger partial charge is 0.316 e. The lowest BCUT2D eigenvalue weighted by Gasteiger charge is -2.45. The van der Waals surface area contributed by atoms with Gasteiger partial charge in [0.2, 0.25) is 0 Å². The summed E-state index contributed by atoms with van der Waals surface area (Å²) in [6, 6.07) is 10.2. The number of likely N-dealkylation sites (N-methyl/N-ethyl adjacent to an activating group) is 1. The highest BCUT2D eigenvalue weighted by molar-refractivity contribution is 5.78. The summed E-state index contributed by atoms with van der Waals surface area (Å²) in [7, 11) is 4.51. The van der Waals surface area contributed by atoms with E-state index in [2.05, 4.69) is 14.1 Å². The number of piperidine rings is 1. The van der Waals surface area contributed by atoms with Crippen LogP contribution in [-0.4, -0.2) is 66.7 Å². The predicted octanol–water partition coefficient (Wildman–Crippen LogP) is -1.93. The number of epoxide rings is 1. The third-order valence-electron chi connectivity index (χ3n) is 5.99. The van der Waals surface area contributed by atoms with E-state index in [4.69, 9.17) is 9.47 Å². The number of quaternary nitrogens is 1. The Morgan fingerprint density at radius 2 is 1.83 bits per heavy atom. The normalized spacial score (nSPS) is 36.2. The van der Waals surface area contributed by atoms with Gasteiger partial charge in [-0.3, -0.25) is 4.79 Å². The first-order valence-electron chi connectivity index (χ1n) is 8.37. The van der Waals surface area contributed by atoms with Gasteiger partial charge in [0, 0.05) is 12.8 Å². The molecule has 1 aromatic rings. The molecule has 3 fully saturated rings. The van der Waals surface area contributed by atoms with Crippen LogP contribution in [0.25, 0.3) is 0 Å². The zero-order chi connectivity index (χ0) is 16.2. The Kier molecular flexibility index (Phi) is 4.94. The standard InChI is InChI=1S/C18H24NO4.HI/c1-19(2)14-8-12(9-15(19)17-16(14)23-17)22-18(21)13(10-20)11-6-4-3-5-7-11;/h3-7,12-17,20H,8-10H2,1-2H3;1H/q+1;/p-1. The second kappa shape index (κ2) is 6.55. The Hall–Kier alpha value is -0.700. The number of halogens is 1. The maximum absolute atomic E-state index is 12.5. The van der Waals surface area contributed by atoms with Crippen molar-refractivity contribution >= 4 is 5.97 Å². The molecule has 4 rings (SSSR count). The molecule has 0 aliphatic carbocycles. The number of aliphatic hydroxyl groups excluding tert-OH is 1. The van der Waals surface area contributed by atoms with Crippen molar-refractivity contribution in [3.8, 4) is 0 Å². The molecule has 5 unspecified atom stereocenters. The Morgan fingerprint density at radius 1 is 1.25 bits per heavy atom. The van der Waals surface area contributed by atoms with E-state index < -0.39 is 5.92 Å². The summed E-state index contributed by atoms with van der Waals surface area (Å²) in [5.41, 5.74) is 0.807. The summed E-state index contributed by atoms with van der Waals surface area (Å²) >= 11 is 0. The van der Waals surface area contributed by atoms with Crippen LogP contribution in [0.2, 0.25) is 0 Å². The Balaban J connectivity index is 0.00000169. The average molecular weight is 445 g/mol. The molecule has 1 N–H and O–H groups in total. The van der Waals surface area contributed by atoms with Gasteiger partial charge in [0.05, 0.1) is 20.7 Å². The van der Waals surface area contributed by atoms with Crippen molar-refractivity contribution in [1.29, 1.82) is 0 Å². The monoisotopic (exact) mass is 445 g/mol. The number of esters is 1. The molecule has 0 spiro atoms. The predicted molar refractivity (Wildman–Crippen MR) is 83.7 cm³/mol. The van der Waals surface area contributed by atoms with Crippen LogP contribution in [0, 0.1) is 0 Å². The molecule has 132 valence electrons. The topological polar surface area (TPSA) is 59.1 Å². The van der Waals surface area contributed by atoms with Crippen LogP contribution in [0.3, 0.4) is 0 Å². The summed E-state index contributed by atoms with van der Waals surface area (Å²) in [6.07, 6.45) is 2.34. The molecular weight excluding hydrogens is 421 g/mol. The third kappa shape index (κ3) is 2.87. The number of rotatable bonds is 4. The van der Waals surface area contributed by atoms with Gasteiger partial charge < -0.3 is 43.0 Å². The number of morpholine rings is 1. The summed E-state index contributed by atoms with van der Waals surface area (Å²) in [5.74, 6) is -0.908. The molecule has 2 bridgehead atoms. The fourth-order valence-electron chi connectivity index (χ4n) is 4.55. The zero-order valence-electron chi connectivity index (χ0n) is 14.0. The van der Waals surface area contributed by atoms with Crippen molar-refractivity contribution in [2.75, 3.05) is 20.7 Å². The van der Waals surface area contributed by atoms with E-state index in [0.29, 0.717) is 24.3 Å². The number of hydrogen-bond acceptors (Lipinski definition) is 4. The van der Waals surface area contributed by atoms with Crippen molar-refractivity contribution in [3.05, 3.63) is 35.9 Å². The number of nitrogens with zero attached hydrogens (tertiary/aromatic N) is 1. The molecule has 3 saturated heterocycles. The maximum atomic E-state index is 12.5. The average Bonchev–Trinajstić information content (AvgIpc) is 3.27. The largest absolute Gasteiger partial charge is 1.00 e. The van der Waals surface area contributed by atoms with Gasteiger partial charge in [-0.05, 0) is 5.56 Å². The molecule has 0 radical (unpaired) electrons. The second-order valence-electron chi connectivity index (χ2n) is 7.51. The lowest BCUT2D eigenvalue weighted by atomic mass is 9.95. The van der Waals surface area contributed by atoms with Gasteiger partial charge in [-0.2, -0.15) is 0 Å². The van der Waals surface area contributed by atoms with Crippen LogP contribution in [-0.2, 0) is 14.3 Å². The van der Waals surface area contributed by atoms with E-state index >= 15 is 0 Å². The minimum Gasteiger partial charge on any atom is -1.00 e. The van der Waals surface area contributed by atoms with Crippen LogP contribution < -0.4 is 24.0 Å². The second-order valence-corrected chi connectivity index (χ2v) is 7.51. The lowest BCUT2D eigenvalue weighted by molar-refractivity contribution is -0.938. The Labute approximate surface area is 159 Å². The van der Waals surface area contributed by atoms with Gasteiger partial charge in [-0.1, -0.05) is 30.3 Å². The molecule has 5 nitrogen and oxygen atoms in total. The maximum Gasteiger partial charge on any atom is 0.316 e. The number of benzene rings is 1. The fourth-order valence-corrected chi connectivity index (χ4v) is 4.55. The SMILES string of the molecule is C[N+]1(C)C2CC(OC(=O)C(CO)c3ccccc3)CC1C1OC12.[I-]. The van der Waals surface area contributed by atoms with Gasteiger partial charge in [0.25, 0.3) is 0 Å². The molecule has 0 saturated carbocycles. The highest BCUT2D eigenvalue weighted by atomic mass is 127. The van der Waals surface area contributed by atoms with Crippen molar-refractivity contribution < 1.29 is 47.8 Å². The van der Waals surface area contributed by atoms with Gasteiger partial charge >= 0.3 is 5.97 Å². The van der Waals surface area contributed by atoms with E-state index in [1.807, 2.05) is 30.3 Å². The molecule has 0 aromatic heterocycles. The first-order valence-corrected chi connectivity index (χ1v) is 8.37. The molecule has 0 amide bonds. The first-order chi connectivity index (χ1) is 11.0. The number of aliphatic hydroxyl groups is 1. The van der Waals surface area contributed by atoms with Crippen LogP contribution in [0.1, 0.15) is 24.3 Å². The summed E-state index contributed by atoms with van der Waals surface area (Å²) in [6.45, 7) is -0.224. The van der Waals surface area contributed by atoms with E-state index in [0.717, 1.165) is 22.9 Å². The van der Waals surface area contributed by atoms with Crippen LogP contribution in [0.4, 0.5) is 0 Å². The van der Waals surface area contributed by atoms with E-state index in [1.54, 1.807) is 0 Å². The Bertz CT molecular complexity index is 588. The molecule has 6 heteroatoms. The number of fused-ring (bicyclic) bond motifs is 5. The van der Waals surface area contributed by atoms with Crippen LogP contribution >= 0.6 is 0 Å². The van der Waals surface area contributed by atoms with Crippen LogP contribution in [0.5, 0.6) is 0 Å². The van der Waals surface area contributed by atoms with Gasteiger partial charge in [-0.25, -0.2) is 0 Å². The highest BCUT2D eigenvalue weighted by Gasteiger charge is 2.70. The molecule has 3 aliphatic rings. The summed E-state index contributed by atoms with van der Waals surface area (Å²) in [5, 5.41) is 9.60. The number of ether oxygens (including phenoxy) is 2. The number of carbonyl (C=O) groups is 1. The molecule has 5 atom stereocenters. The molecule has 1 aromatic carbocycles. The first kappa shape index (κ1) is 18.1. The number of carbonyl (C=O) groups excluding carboxylic acids is 1. The Morgan fingerprint density at radius 3 is 2.38 bits per heavy atom. The zero-order valence-corrected chi connectivity index (χ0v) is 16.1. The van der Waals surface area contributed by atoms with E-state index in [9.17, 15) is 9.90 Å². The highest BCUT2D eigenvalue weighted by Crippen LogP contribution is 2.51. The lowest BCUT2D eigenvalue weighted by Crippen LogP contribution is -3.00. The number of hydrogen-bond donors (Lipinski definition) is 1. The van der Waals surface area contributed by atoms with Crippen molar-refractivity contribution in [2.24, 2.45) is 0 Å². The van der Waals surface area contributed by atoms with Gasteiger partial charge in [0.1, 0.15) is 36.3 Å². The minimum atomic E-state index is -0.593. The van der Waals surface area contributed by atoms with Gasteiger partial charge in [-0.15, -0.1) is 0 Å². The molecular formula is C18H24INO4.